The van der Waals surface area contributed by atoms with Crippen molar-refractivity contribution < 1.29 is 13.5 Å². The van der Waals surface area contributed by atoms with Gasteiger partial charge in [-0.15, -0.1) is 0 Å². The molecule has 0 aromatic heterocycles. The number of halogens is 2. The van der Waals surface area contributed by atoms with Gasteiger partial charge in [-0.1, -0.05) is 37.3 Å². The first-order chi connectivity index (χ1) is 9.69. The van der Waals surface area contributed by atoms with Gasteiger partial charge in [-0.2, -0.15) is 0 Å². The number of rotatable bonds is 5. The summed E-state index contributed by atoms with van der Waals surface area (Å²) in [4.78, 5) is 0. The second-order valence-corrected chi connectivity index (χ2v) is 4.38. The molecule has 0 fully saturated rings. The highest BCUT2D eigenvalue weighted by molar-refractivity contribution is 5.38. The number of hydrogen-bond acceptors (Lipinski definition) is 2. The molecule has 106 valence electrons. The Morgan fingerprint density at radius 2 is 1.75 bits per heavy atom. The standard InChI is InChI=1S/C16H17F2NO/c1-3-19-16(11-7-4-5-9-13(11)17)12-8-6-10-14(20-2)15(12)18/h4-10,16,19H,3H2,1-2H3. The molecule has 0 spiro atoms. The molecule has 2 rings (SSSR count). The molecular weight excluding hydrogens is 260 g/mol. The summed E-state index contributed by atoms with van der Waals surface area (Å²) in [5, 5.41) is 3.11. The minimum atomic E-state index is -0.545. The lowest BCUT2D eigenvalue weighted by molar-refractivity contribution is 0.381. The summed E-state index contributed by atoms with van der Waals surface area (Å²) in [6, 6.07) is 10.7. The average Bonchev–Trinajstić information content (AvgIpc) is 2.46. The highest BCUT2D eigenvalue weighted by atomic mass is 19.1. The third-order valence-corrected chi connectivity index (χ3v) is 3.15. The van der Waals surface area contributed by atoms with Crippen LogP contribution in [0.3, 0.4) is 0 Å². The Morgan fingerprint density at radius 1 is 1.05 bits per heavy atom. The zero-order chi connectivity index (χ0) is 14.5. The summed E-state index contributed by atoms with van der Waals surface area (Å²) < 4.78 is 33.3. The number of ether oxygens (including phenoxy) is 1. The lowest BCUT2D eigenvalue weighted by Crippen LogP contribution is -2.24. The van der Waals surface area contributed by atoms with Gasteiger partial charge in [-0.25, -0.2) is 8.78 Å². The van der Waals surface area contributed by atoms with Crippen LogP contribution in [0.2, 0.25) is 0 Å². The molecule has 1 unspecified atom stereocenters. The normalized spacial score (nSPS) is 12.2. The quantitative estimate of drug-likeness (QED) is 0.900. The van der Waals surface area contributed by atoms with Crippen LogP contribution in [0.4, 0.5) is 8.78 Å². The number of benzene rings is 2. The highest BCUT2D eigenvalue weighted by Gasteiger charge is 2.21. The summed E-state index contributed by atoms with van der Waals surface area (Å²) in [6.45, 7) is 2.49. The number of methoxy groups -OCH3 is 1. The monoisotopic (exact) mass is 277 g/mol. The van der Waals surface area contributed by atoms with E-state index in [9.17, 15) is 8.78 Å². The maximum atomic E-state index is 14.4. The molecule has 0 aliphatic rings. The van der Waals surface area contributed by atoms with E-state index in [2.05, 4.69) is 5.32 Å². The van der Waals surface area contributed by atoms with E-state index in [4.69, 9.17) is 4.74 Å². The van der Waals surface area contributed by atoms with E-state index in [1.807, 2.05) is 6.92 Å². The fourth-order valence-electron chi connectivity index (χ4n) is 2.21. The van der Waals surface area contributed by atoms with Crippen LogP contribution in [0, 0.1) is 11.6 Å². The molecule has 0 aliphatic carbocycles. The van der Waals surface area contributed by atoms with Gasteiger partial charge >= 0.3 is 0 Å². The summed E-state index contributed by atoms with van der Waals surface area (Å²) >= 11 is 0. The zero-order valence-corrected chi connectivity index (χ0v) is 11.5. The van der Waals surface area contributed by atoms with Crippen LogP contribution in [0.5, 0.6) is 5.75 Å². The van der Waals surface area contributed by atoms with Gasteiger partial charge in [0.1, 0.15) is 5.82 Å². The van der Waals surface area contributed by atoms with Crippen molar-refractivity contribution in [3.63, 3.8) is 0 Å². The maximum Gasteiger partial charge on any atom is 0.170 e. The minimum Gasteiger partial charge on any atom is -0.494 e. The first-order valence-corrected chi connectivity index (χ1v) is 6.49. The van der Waals surface area contributed by atoms with Crippen molar-refractivity contribution >= 4 is 0 Å². The molecule has 0 bridgehead atoms. The summed E-state index contributed by atoms with van der Waals surface area (Å²) in [5.74, 6) is -0.674. The molecule has 2 nitrogen and oxygen atoms in total. The van der Waals surface area contributed by atoms with E-state index in [-0.39, 0.29) is 11.6 Å². The summed E-state index contributed by atoms with van der Waals surface area (Å²) in [5.41, 5.74) is 0.790. The van der Waals surface area contributed by atoms with E-state index in [0.29, 0.717) is 17.7 Å². The van der Waals surface area contributed by atoms with Gasteiger partial charge < -0.3 is 10.1 Å². The molecule has 0 radical (unpaired) electrons. The summed E-state index contributed by atoms with van der Waals surface area (Å²) in [7, 11) is 1.41. The van der Waals surface area contributed by atoms with Gasteiger partial charge in [0, 0.05) is 11.1 Å². The maximum absolute atomic E-state index is 14.4. The smallest absolute Gasteiger partial charge is 0.170 e. The van der Waals surface area contributed by atoms with Crippen molar-refractivity contribution in [1.82, 2.24) is 5.32 Å². The molecular formula is C16H17F2NO. The Bertz CT molecular complexity index is 586. The predicted molar refractivity (Wildman–Crippen MR) is 74.9 cm³/mol. The van der Waals surface area contributed by atoms with Crippen molar-refractivity contribution in [3.8, 4) is 5.75 Å². The van der Waals surface area contributed by atoms with Crippen molar-refractivity contribution in [2.75, 3.05) is 13.7 Å². The van der Waals surface area contributed by atoms with Crippen LogP contribution in [0.25, 0.3) is 0 Å². The predicted octanol–water partition coefficient (Wildman–Crippen LogP) is 3.67. The SMILES string of the molecule is CCNC(c1ccccc1F)c1cccc(OC)c1F. The lowest BCUT2D eigenvalue weighted by atomic mass is 9.97. The first kappa shape index (κ1) is 14.5. The van der Waals surface area contributed by atoms with Crippen LogP contribution in [0.1, 0.15) is 24.1 Å². The summed E-state index contributed by atoms with van der Waals surface area (Å²) in [6.07, 6.45) is 0. The molecule has 1 N–H and O–H groups in total. The third-order valence-electron chi connectivity index (χ3n) is 3.15. The molecule has 2 aromatic rings. The van der Waals surface area contributed by atoms with Gasteiger partial charge in [0.15, 0.2) is 11.6 Å². The molecule has 0 aliphatic heterocycles. The first-order valence-electron chi connectivity index (χ1n) is 6.49. The van der Waals surface area contributed by atoms with Gasteiger partial charge in [-0.05, 0) is 18.7 Å². The van der Waals surface area contributed by atoms with Gasteiger partial charge in [0.25, 0.3) is 0 Å². The molecule has 4 heteroatoms. The van der Waals surface area contributed by atoms with Crippen LogP contribution in [-0.2, 0) is 0 Å². The number of nitrogens with one attached hydrogen (secondary N) is 1. The van der Waals surface area contributed by atoms with Crippen molar-refractivity contribution in [1.29, 1.82) is 0 Å². The fourth-order valence-corrected chi connectivity index (χ4v) is 2.21. The van der Waals surface area contributed by atoms with Crippen molar-refractivity contribution in [3.05, 3.63) is 65.2 Å². The largest absolute Gasteiger partial charge is 0.494 e. The van der Waals surface area contributed by atoms with Crippen LogP contribution in [-0.4, -0.2) is 13.7 Å². The number of hydrogen-bond donors (Lipinski definition) is 1. The average molecular weight is 277 g/mol. The zero-order valence-electron chi connectivity index (χ0n) is 11.5. The topological polar surface area (TPSA) is 21.3 Å². The van der Waals surface area contributed by atoms with Crippen molar-refractivity contribution in [2.45, 2.75) is 13.0 Å². The second kappa shape index (κ2) is 6.48. The van der Waals surface area contributed by atoms with Gasteiger partial charge in [0.05, 0.1) is 13.2 Å². The third kappa shape index (κ3) is 2.80. The minimum absolute atomic E-state index is 0.154. The molecule has 20 heavy (non-hydrogen) atoms. The molecule has 0 heterocycles. The lowest BCUT2D eigenvalue weighted by Gasteiger charge is -2.20. The molecule has 0 amide bonds. The fraction of sp³-hybridized carbons (Fsp3) is 0.250. The highest BCUT2D eigenvalue weighted by Crippen LogP contribution is 2.30. The Kier molecular flexibility index (Phi) is 4.69. The van der Waals surface area contributed by atoms with E-state index in [1.54, 1.807) is 36.4 Å². The van der Waals surface area contributed by atoms with E-state index in [0.717, 1.165) is 0 Å². The van der Waals surface area contributed by atoms with Crippen LogP contribution in [0.15, 0.2) is 42.5 Å². The van der Waals surface area contributed by atoms with Crippen LogP contribution >= 0.6 is 0 Å². The Labute approximate surface area is 117 Å². The molecule has 0 saturated heterocycles. The van der Waals surface area contributed by atoms with E-state index < -0.39 is 11.9 Å². The second-order valence-electron chi connectivity index (χ2n) is 4.38. The van der Waals surface area contributed by atoms with Gasteiger partial charge in [0.2, 0.25) is 0 Å². The Morgan fingerprint density at radius 3 is 2.40 bits per heavy atom. The molecule has 1 atom stereocenters. The van der Waals surface area contributed by atoms with Gasteiger partial charge in [-0.3, -0.25) is 0 Å². The Balaban J connectivity index is 2.52. The van der Waals surface area contributed by atoms with Crippen molar-refractivity contribution in [2.24, 2.45) is 0 Å². The molecule has 2 aromatic carbocycles. The van der Waals surface area contributed by atoms with E-state index >= 15 is 0 Å². The van der Waals surface area contributed by atoms with Crippen LogP contribution < -0.4 is 10.1 Å². The molecule has 0 saturated carbocycles. The van der Waals surface area contributed by atoms with E-state index in [1.165, 1.54) is 13.2 Å². The Hall–Kier alpha value is -1.94.